The van der Waals surface area contributed by atoms with Gasteiger partial charge in [0.2, 0.25) is 0 Å². The Morgan fingerprint density at radius 3 is 2.24 bits per heavy atom. The largest absolute Gasteiger partial charge is 0.380 e. The van der Waals surface area contributed by atoms with E-state index in [0.717, 1.165) is 60.1 Å². The topological polar surface area (TPSA) is 42.8 Å². The van der Waals surface area contributed by atoms with Gasteiger partial charge in [0, 0.05) is 49.7 Å². The first kappa shape index (κ1) is 26.2. The number of nitrogens with zero attached hydrogens (tertiary/aromatic N) is 4. The van der Waals surface area contributed by atoms with E-state index in [2.05, 4.69) is 35.0 Å². The summed E-state index contributed by atoms with van der Waals surface area (Å²) in [6.07, 6.45) is 0.253. The molecule has 38 heavy (non-hydrogen) atoms. The minimum atomic E-state index is -1.63. The average molecular weight is 517 g/mol. The number of likely N-dealkylation sites (N-methyl/N-ethyl adjacent to an activating group) is 1. The molecule has 1 unspecified atom stereocenters. The summed E-state index contributed by atoms with van der Waals surface area (Å²) in [4.78, 5) is 11.7. The van der Waals surface area contributed by atoms with Crippen molar-refractivity contribution in [2.24, 2.45) is 0 Å². The molecule has 0 spiro atoms. The zero-order valence-corrected chi connectivity index (χ0v) is 22.2. The first-order valence-corrected chi connectivity index (χ1v) is 13.0. The fourth-order valence-corrected chi connectivity index (χ4v) is 5.25. The van der Waals surface area contributed by atoms with Crippen LogP contribution in [0.5, 0.6) is 0 Å². The molecule has 1 N–H and O–H groups in total. The molecule has 0 bridgehead atoms. The van der Waals surface area contributed by atoms with Gasteiger partial charge < -0.3 is 19.8 Å². The van der Waals surface area contributed by atoms with Crippen LogP contribution in [0, 0.1) is 11.6 Å². The highest BCUT2D eigenvalue weighted by Gasteiger charge is 2.35. The third kappa shape index (κ3) is 5.27. The normalized spacial score (nSPS) is 16.2. The van der Waals surface area contributed by atoms with E-state index in [1.54, 1.807) is 0 Å². The predicted octanol–water partition coefficient (Wildman–Crippen LogP) is 5.12. The van der Waals surface area contributed by atoms with E-state index in [0.29, 0.717) is 12.1 Å². The number of piperazine rings is 1. The Labute approximate surface area is 222 Å². The van der Waals surface area contributed by atoms with Gasteiger partial charge in [-0.15, -0.1) is 0 Å². The number of rotatable bonds is 7. The molecule has 1 fully saturated rings. The van der Waals surface area contributed by atoms with Crippen molar-refractivity contribution in [3.8, 4) is 11.1 Å². The summed E-state index contributed by atoms with van der Waals surface area (Å²) in [5.41, 5.74) is 1.87. The van der Waals surface area contributed by atoms with Crippen LogP contribution < -0.4 is 4.90 Å². The van der Waals surface area contributed by atoms with Gasteiger partial charge >= 0.3 is 0 Å². The van der Waals surface area contributed by atoms with E-state index in [1.807, 2.05) is 55.4 Å². The Morgan fingerprint density at radius 2 is 1.58 bits per heavy atom. The van der Waals surface area contributed by atoms with Gasteiger partial charge in [-0.2, -0.15) is 0 Å². The molecule has 1 aliphatic rings. The molecule has 1 aliphatic heterocycles. The second-order valence-electron chi connectivity index (χ2n) is 10.5. The molecule has 3 aromatic carbocycles. The first-order valence-electron chi connectivity index (χ1n) is 13.0. The highest BCUT2D eigenvalue weighted by Crippen LogP contribution is 2.41. The minimum Gasteiger partial charge on any atom is -0.380 e. The summed E-state index contributed by atoms with van der Waals surface area (Å²) in [5, 5.41) is 13.0. The molecule has 1 aromatic heterocycles. The molecule has 5 rings (SSSR count). The average Bonchev–Trinajstić information content (AvgIpc) is 2.91. The van der Waals surface area contributed by atoms with Gasteiger partial charge in [-0.25, -0.2) is 13.8 Å². The maximum absolute atomic E-state index is 14.4. The van der Waals surface area contributed by atoms with Gasteiger partial charge in [0.25, 0.3) is 0 Å². The summed E-state index contributed by atoms with van der Waals surface area (Å²) >= 11 is 0. The van der Waals surface area contributed by atoms with Crippen LogP contribution in [0.15, 0.2) is 72.8 Å². The molecule has 198 valence electrons. The smallest absolute Gasteiger partial charge is 0.137 e. The maximum atomic E-state index is 14.4. The molecule has 0 radical (unpaired) electrons. The second-order valence-corrected chi connectivity index (χ2v) is 10.5. The van der Waals surface area contributed by atoms with Gasteiger partial charge in [-0.05, 0) is 68.5 Å². The number of anilines is 1. The number of aliphatic hydroxyl groups is 1. The molecule has 0 aliphatic carbocycles. The standard InChI is InChI=1S/C31H34F2N4O/c1-35(2)13-12-31(38,23-18-24(32)20-25(33)19-23)28-10-7-11-29-27(28)21-26(22-8-5-4-6-9-22)30(34-29)37-16-14-36(3)15-17-37/h4-11,18-21,38H,12-17H2,1-3H3. The summed E-state index contributed by atoms with van der Waals surface area (Å²) in [6.45, 7) is 4.14. The lowest BCUT2D eigenvalue weighted by Gasteiger charge is -2.35. The molecular formula is C31H34F2N4O. The van der Waals surface area contributed by atoms with E-state index in [1.165, 1.54) is 12.1 Å². The Balaban J connectivity index is 1.74. The molecule has 4 aromatic rings. The highest BCUT2D eigenvalue weighted by molar-refractivity contribution is 5.92. The van der Waals surface area contributed by atoms with Crippen LogP contribution in [0.25, 0.3) is 22.0 Å². The molecule has 1 atom stereocenters. The third-order valence-corrected chi connectivity index (χ3v) is 7.43. The predicted molar refractivity (Wildman–Crippen MR) is 149 cm³/mol. The molecule has 0 amide bonds. The molecular weight excluding hydrogens is 482 g/mol. The van der Waals surface area contributed by atoms with Crippen molar-refractivity contribution in [1.29, 1.82) is 0 Å². The maximum Gasteiger partial charge on any atom is 0.137 e. The number of aromatic nitrogens is 1. The van der Waals surface area contributed by atoms with Crippen LogP contribution in [-0.2, 0) is 5.60 Å². The number of halogens is 2. The van der Waals surface area contributed by atoms with Crippen LogP contribution in [0.1, 0.15) is 17.5 Å². The Morgan fingerprint density at radius 1 is 0.895 bits per heavy atom. The van der Waals surface area contributed by atoms with Crippen molar-refractivity contribution in [2.75, 3.05) is 58.8 Å². The van der Waals surface area contributed by atoms with Gasteiger partial charge in [0.05, 0.1) is 5.52 Å². The van der Waals surface area contributed by atoms with Crippen molar-refractivity contribution in [3.63, 3.8) is 0 Å². The number of hydrogen-bond donors (Lipinski definition) is 1. The summed E-state index contributed by atoms with van der Waals surface area (Å²) < 4.78 is 28.8. The number of benzene rings is 3. The van der Waals surface area contributed by atoms with E-state index in [9.17, 15) is 13.9 Å². The molecule has 0 saturated carbocycles. The van der Waals surface area contributed by atoms with E-state index < -0.39 is 17.2 Å². The summed E-state index contributed by atoms with van der Waals surface area (Å²) in [7, 11) is 5.94. The van der Waals surface area contributed by atoms with Gasteiger partial charge in [0.1, 0.15) is 23.1 Å². The molecule has 1 saturated heterocycles. The number of fused-ring (bicyclic) bond motifs is 1. The second kappa shape index (κ2) is 10.8. The Hall–Kier alpha value is -3.39. The van der Waals surface area contributed by atoms with Crippen LogP contribution >= 0.6 is 0 Å². The zero-order valence-electron chi connectivity index (χ0n) is 22.2. The minimum absolute atomic E-state index is 0.189. The zero-order chi connectivity index (χ0) is 26.9. The van der Waals surface area contributed by atoms with Crippen molar-refractivity contribution >= 4 is 16.7 Å². The SMILES string of the molecule is CN(C)CCC(O)(c1cc(F)cc(F)c1)c1cccc2nc(N3CCN(C)CC3)c(-c3ccccc3)cc12. The molecule has 2 heterocycles. The third-order valence-electron chi connectivity index (χ3n) is 7.43. The van der Waals surface area contributed by atoms with Crippen LogP contribution in [0.3, 0.4) is 0 Å². The lowest BCUT2D eigenvalue weighted by molar-refractivity contribution is 0.0637. The number of hydrogen-bond acceptors (Lipinski definition) is 5. The lowest BCUT2D eigenvalue weighted by Crippen LogP contribution is -2.45. The summed E-state index contributed by atoms with van der Waals surface area (Å²) in [5.74, 6) is -0.532. The quantitative estimate of drug-likeness (QED) is 0.369. The number of pyridine rings is 1. The lowest BCUT2D eigenvalue weighted by atomic mass is 9.81. The van der Waals surface area contributed by atoms with Crippen molar-refractivity contribution in [2.45, 2.75) is 12.0 Å². The Kier molecular flexibility index (Phi) is 7.43. The first-order chi connectivity index (χ1) is 18.2. The van der Waals surface area contributed by atoms with E-state index in [4.69, 9.17) is 4.98 Å². The van der Waals surface area contributed by atoms with Gasteiger partial charge in [-0.1, -0.05) is 42.5 Å². The summed E-state index contributed by atoms with van der Waals surface area (Å²) in [6, 6.07) is 21.1. The van der Waals surface area contributed by atoms with Crippen LogP contribution in [-0.4, -0.2) is 73.8 Å². The fraction of sp³-hybridized carbons (Fsp3) is 0.323. The monoisotopic (exact) mass is 516 g/mol. The van der Waals surface area contributed by atoms with E-state index in [-0.39, 0.29) is 12.0 Å². The van der Waals surface area contributed by atoms with Gasteiger partial charge in [-0.3, -0.25) is 0 Å². The molecule has 5 nitrogen and oxygen atoms in total. The van der Waals surface area contributed by atoms with E-state index >= 15 is 0 Å². The fourth-order valence-electron chi connectivity index (χ4n) is 5.25. The van der Waals surface area contributed by atoms with Crippen molar-refractivity contribution in [3.05, 3.63) is 95.6 Å². The van der Waals surface area contributed by atoms with Crippen LogP contribution in [0.2, 0.25) is 0 Å². The van der Waals surface area contributed by atoms with Gasteiger partial charge in [0.15, 0.2) is 0 Å². The van der Waals surface area contributed by atoms with Crippen molar-refractivity contribution in [1.82, 2.24) is 14.8 Å². The Bertz CT molecular complexity index is 1400. The highest BCUT2D eigenvalue weighted by atomic mass is 19.1. The van der Waals surface area contributed by atoms with Crippen LogP contribution in [0.4, 0.5) is 14.6 Å². The van der Waals surface area contributed by atoms with Crippen molar-refractivity contribution < 1.29 is 13.9 Å². The molecule has 7 heteroatoms.